The van der Waals surface area contributed by atoms with Gasteiger partial charge in [0.25, 0.3) is 5.56 Å². The van der Waals surface area contributed by atoms with Gasteiger partial charge in [0.15, 0.2) is 0 Å². The van der Waals surface area contributed by atoms with Crippen molar-refractivity contribution in [2.75, 3.05) is 7.11 Å². The van der Waals surface area contributed by atoms with Crippen LogP contribution in [0.25, 0.3) is 10.9 Å². The molecule has 0 aliphatic rings. The highest BCUT2D eigenvalue weighted by molar-refractivity contribution is 7.89. The molecule has 176 valence electrons. The largest absolute Gasteiger partial charge is 0.497 e. The van der Waals surface area contributed by atoms with Gasteiger partial charge in [-0.1, -0.05) is 29.8 Å². The Morgan fingerprint density at radius 1 is 1.00 bits per heavy atom. The second-order valence-corrected chi connectivity index (χ2v) is 10.2. The standard InChI is InChI=1S/C25H22ClFN2O4S/c1-16-3-7-20(26)12-24(16)34(31,32)29(14-17-4-8-21(27)9-5-17)15-19-11-18-6-10-22(33-2)13-23(18)28-25(19)30/h3-13H,14-15H2,1-2H3,(H,28,30). The molecular weight excluding hydrogens is 479 g/mol. The SMILES string of the molecule is COc1ccc2cc(CN(Cc3ccc(F)cc3)S(=O)(=O)c3cc(Cl)ccc3C)c(=O)[nH]c2c1. The second-order valence-electron chi connectivity index (χ2n) is 7.89. The van der Waals surface area contributed by atoms with E-state index in [9.17, 15) is 17.6 Å². The van der Waals surface area contributed by atoms with Gasteiger partial charge in [0.05, 0.1) is 17.5 Å². The van der Waals surface area contributed by atoms with Gasteiger partial charge in [0.1, 0.15) is 11.6 Å². The molecule has 1 heterocycles. The number of aryl methyl sites for hydroxylation is 1. The van der Waals surface area contributed by atoms with Crippen LogP contribution >= 0.6 is 11.6 Å². The molecular formula is C25H22ClFN2O4S. The summed E-state index contributed by atoms with van der Waals surface area (Å²) in [5.41, 5.74) is 1.53. The topological polar surface area (TPSA) is 79.5 Å². The number of fused-ring (bicyclic) bond motifs is 1. The summed E-state index contributed by atoms with van der Waals surface area (Å²) in [4.78, 5) is 15.7. The number of pyridine rings is 1. The third-order valence-electron chi connectivity index (χ3n) is 5.52. The molecule has 34 heavy (non-hydrogen) atoms. The smallest absolute Gasteiger partial charge is 0.252 e. The molecule has 0 bridgehead atoms. The molecule has 0 atom stereocenters. The average molecular weight is 501 g/mol. The van der Waals surface area contributed by atoms with Crippen LogP contribution in [0.1, 0.15) is 16.7 Å². The molecule has 6 nitrogen and oxygen atoms in total. The highest BCUT2D eigenvalue weighted by Gasteiger charge is 2.28. The maximum Gasteiger partial charge on any atom is 0.252 e. The number of hydrogen-bond donors (Lipinski definition) is 1. The van der Waals surface area contributed by atoms with Crippen molar-refractivity contribution in [2.24, 2.45) is 0 Å². The van der Waals surface area contributed by atoms with Crippen LogP contribution in [0.3, 0.4) is 0 Å². The monoisotopic (exact) mass is 500 g/mol. The lowest BCUT2D eigenvalue weighted by Crippen LogP contribution is -2.33. The summed E-state index contributed by atoms with van der Waals surface area (Å²) in [6.07, 6.45) is 0. The first kappa shape index (κ1) is 23.9. The molecule has 3 aromatic carbocycles. The van der Waals surface area contributed by atoms with E-state index in [1.54, 1.807) is 43.3 Å². The van der Waals surface area contributed by atoms with E-state index >= 15 is 0 Å². The molecule has 1 N–H and O–H groups in total. The van der Waals surface area contributed by atoms with Gasteiger partial charge in [0, 0.05) is 29.7 Å². The lowest BCUT2D eigenvalue weighted by atomic mass is 10.1. The molecule has 0 spiro atoms. The van der Waals surface area contributed by atoms with Crippen LogP contribution in [0.5, 0.6) is 5.75 Å². The number of nitrogens with zero attached hydrogens (tertiary/aromatic N) is 1. The van der Waals surface area contributed by atoms with Crippen molar-refractivity contribution in [1.82, 2.24) is 9.29 Å². The van der Waals surface area contributed by atoms with Crippen molar-refractivity contribution in [3.8, 4) is 5.75 Å². The number of rotatable bonds is 7. The fourth-order valence-corrected chi connectivity index (χ4v) is 5.56. The Bertz CT molecular complexity index is 1520. The molecule has 1 aromatic heterocycles. The number of aromatic amines is 1. The zero-order valence-electron chi connectivity index (χ0n) is 18.5. The summed E-state index contributed by atoms with van der Waals surface area (Å²) < 4.78 is 47.2. The Hall–Kier alpha value is -3.20. The van der Waals surface area contributed by atoms with Crippen molar-refractivity contribution < 1.29 is 17.5 Å². The number of benzene rings is 3. The quantitative estimate of drug-likeness (QED) is 0.386. The van der Waals surface area contributed by atoms with E-state index in [2.05, 4.69) is 4.98 Å². The fourth-order valence-electron chi connectivity index (χ4n) is 3.67. The molecule has 0 saturated heterocycles. The number of nitrogens with one attached hydrogen (secondary N) is 1. The highest BCUT2D eigenvalue weighted by Crippen LogP contribution is 2.27. The first-order chi connectivity index (χ1) is 16.2. The molecule has 0 radical (unpaired) electrons. The molecule has 0 aliphatic carbocycles. The lowest BCUT2D eigenvalue weighted by molar-refractivity contribution is 0.399. The molecule has 4 rings (SSSR count). The molecule has 0 saturated carbocycles. The molecule has 4 aromatic rings. The number of hydrogen-bond acceptors (Lipinski definition) is 4. The maximum atomic E-state index is 13.7. The molecule has 0 fully saturated rings. The number of sulfonamides is 1. The summed E-state index contributed by atoms with van der Waals surface area (Å²) in [5.74, 6) is 0.165. The summed E-state index contributed by atoms with van der Waals surface area (Å²) in [7, 11) is -2.53. The normalized spacial score (nSPS) is 11.8. The maximum absolute atomic E-state index is 13.7. The molecule has 9 heteroatoms. The van der Waals surface area contributed by atoms with Crippen LogP contribution in [0, 0.1) is 12.7 Å². The van der Waals surface area contributed by atoms with Gasteiger partial charge < -0.3 is 9.72 Å². The highest BCUT2D eigenvalue weighted by atomic mass is 35.5. The van der Waals surface area contributed by atoms with E-state index in [0.29, 0.717) is 22.4 Å². The van der Waals surface area contributed by atoms with Gasteiger partial charge >= 0.3 is 0 Å². The Morgan fingerprint density at radius 2 is 1.74 bits per heavy atom. The Balaban J connectivity index is 1.79. The average Bonchev–Trinajstić information content (AvgIpc) is 2.81. The minimum Gasteiger partial charge on any atom is -0.497 e. The predicted octanol–water partition coefficient (Wildman–Crippen LogP) is 5.03. The van der Waals surface area contributed by atoms with Gasteiger partial charge in [-0.05, 0) is 65.9 Å². The number of halogens is 2. The van der Waals surface area contributed by atoms with Gasteiger partial charge in [-0.2, -0.15) is 4.31 Å². The van der Waals surface area contributed by atoms with Crippen LogP contribution in [0.4, 0.5) is 4.39 Å². The van der Waals surface area contributed by atoms with Crippen molar-refractivity contribution in [3.63, 3.8) is 0 Å². The van der Waals surface area contributed by atoms with E-state index in [1.165, 1.54) is 41.7 Å². The van der Waals surface area contributed by atoms with Crippen molar-refractivity contribution in [2.45, 2.75) is 24.9 Å². The Labute approximate surface area is 201 Å². The number of aromatic nitrogens is 1. The van der Waals surface area contributed by atoms with E-state index in [4.69, 9.17) is 16.3 Å². The zero-order valence-corrected chi connectivity index (χ0v) is 20.1. The minimum atomic E-state index is -4.06. The molecule has 0 aliphatic heterocycles. The van der Waals surface area contributed by atoms with E-state index < -0.39 is 21.4 Å². The van der Waals surface area contributed by atoms with Crippen LogP contribution in [0.15, 0.2) is 76.4 Å². The minimum absolute atomic E-state index is 0.0454. The van der Waals surface area contributed by atoms with E-state index in [0.717, 1.165) is 5.39 Å². The first-order valence-electron chi connectivity index (χ1n) is 10.4. The predicted molar refractivity (Wildman–Crippen MR) is 130 cm³/mol. The Morgan fingerprint density at radius 3 is 2.44 bits per heavy atom. The number of ether oxygens (including phenoxy) is 1. The van der Waals surface area contributed by atoms with Crippen molar-refractivity contribution in [3.05, 3.63) is 105 Å². The summed E-state index contributed by atoms with van der Waals surface area (Å²) >= 11 is 6.09. The van der Waals surface area contributed by atoms with Crippen molar-refractivity contribution in [1.29, 1.82) is 0 Å². The summed E-state index contributed by atoms with van der Waals surface area (Å²) in [6.45, 7) is 1.42. The third-order valence-corrected chi connectivity index (χ3v) is 7.69. The van der Waals surface area contributed by atoms with Gasteiger partial charge in [-0.15, -0.1) is 0 Å². The van der Waals surface area contributed by atoms with Crippen molar-refractivity contribution >= 4 is 32.5 Å². The molecule has 0 unspecified atom stereocenters. The van der Waals surface area contributed by atoms with Crippen LogP contribution < -0.4 is 10.3 Å². The van der Waals surface area contributed by atoms with Gasteiger partial charge in [-0.3, -0.25) is 4.79 Å². The van der Waals surface area contributed by atoms with E-state index in [-0.39, 0.29) is 28.6 Å². The second kappa shape index (κ2) is 9.58. The summed E-state index contributed by atoms with van der Waals surface area (Å²) in [6, 6.07) is 17.1. The fraction of sp³-hybridized carbons (Fsp3) is 0.160. The molecule has 0 amide bonds. The van der Waals surface area contributed by atoms with E-state index in [1.807, 2.05) is 0 Å². The lowest BCUT2D eigenvalue weighted by Gasteiger charge is -2.23. The third kappa shape index (κ3) is 4.99. The van der Waals surface area contributed by atoms with Crippen LogP contribution in [-0.2, 0) is 23.1 Å². The first-order valence-corrected chi connectivity index (χ1v) is 12.2. The van der Waals surface area contributed by atoms with Crippen LogP contribution in [-0.4, -0.2) is 24.8 Å². The van der Waals surface area contributed by atoms with Gasteiger partial charge in [-0.25, -0.2) is 12.8 Å². The van der Waals surface area contributed by atoms with Gasteiger partial charge in [0.2, 0.25) is 10.0 Å². The van der Waals surface area contributed by atoms with Crippen LogP contribution in [0.2, 0.25) is 5.02 Å². The number of H-pyrrole nitrogens is 1. The Kier molecular flexibility index (Phi) is 6.74. The zero-order chi connectivity index (χ0) is 24.5. The number of methoxy groups -OCH3 is 1. The summed E-state index contributed by atoms with van der Waals surface area (Å²) in [5, 5.41) is 1.01.